The van der Waals surface area contributed by atoms with Crippen molar-refractivity contribution >= 4 is 21.6 Å². The fraction of sp³-hybridized carbons (Fsp3) is 0.381. The SMILES string of the molecule is CS(=O)(=O)N(Cc1ccccc1)c1ccc(C(=O)NCC[NH+]2CCOCC2)cc1. The summed E-state index contributed by atoms with van der Waals surface area (Å²) in [5.41, 5.74) is 1.94. The summed E-state index contributed by atoms with van der Waals surface area (Å²) in [4.78, 5) is 13.8. The van der Waals surface area contributed by atoms with Crippen LogP contribution in [-0.2, 0) is 21.3 Å². The highest BCUT2D eigenvalue weighted by atomic mass is 32.2. The van der Waals surface area contributed by atoms with Crippen LogP contribution in [0.1, 0.15) is 15.9 Å². The molecule has 0 unspecified atom stereocenters. The summed E-state index contributed by atoms with van der Waals surface area (Å²) in [5, 5.41) is 2.93. The largest absolute Gasteiger partial charge is 0.370 e. The van der Waals surface area contributed by atoms with Gasteiger partial charge in [0.25, 0.3) is 5.91 Å². The molecule has 2 N–H and O–H groups in total. The average Bonchev–Trinajstić information content (AvgIpc) is 2.73. The number of amides is 1. The molecular weight excluding hydrogens is 390 g/mol. The molecule has 1 aliphatic heterocycles. The molecule has 1 fully saturated rings. The van der Waals surface area contributed by atoms with Gasteiger partial charge in [0.05, 0.1) is 44.8 Å². The third-order valence-corrected chi connectivity index (χ3v) is 6.09. The van der Waals surface area contributed by atoms with E-state index in [-0.39, 0.29) is 12.5 Å². The van der Waals surface area contributed by atoms with Crippen molar-refractivity contribution in [1.82, 2.24) is 5.32 Å². The van der Waals surface area contributed by atoms with Crippen LogP contribution < -0.4 is 14.5 Å². The Labute approximate surface area is 172 Å². The molecule has 0 aromatic heterocycles. The Hall–Kier alpha value is -2.42. The van der Waals surface area contributed by atoms with E-state index in [1.807, 2.05) is 30.3 Å². The molecule has 0 saturated carbocycles. The minimum absolute atomic E-state index is 0.154. The molecule has 0 aliphatic carbocycles. The number of rotatable bonds is 8. The first-order chi connectivity index (χ1) is 13.9. The van der Waals surface area contributed by atoms with Gasteiger partial charge in [-0.3, -0.25) is 9.10 Å². The number of hydrogen-bond acceptors (Lipinski definition) is 4. The zero-order chi connectivity index (χ0) is 20.7. The van der Waals surface area contributed by atoms with E-state index in [1.54, 1.807) is 24.3 Å². The number of sulfonamides is 1. The van der Waals surface area contributed by atoms with Crippen LogP contribution in [0.2, 0.25) is 0 Å². The van der Waals surface area contributed by atoms with E-state index in [1.165, 1.54) is 15.5 Å². The van der Waals surface area contributed by atoms with E-state index in [2.05, 4.69) is 5.32 Å². The number of anilines is 1. The number of morpholine rings is 1. The molecular formula is C21H28N3O4S+. The topological polar surface area (TPSA) is 80.2 Å². The van der Waals surface area contributed by atoms with Gasteiger partial charge in [-0.05, 0) is 29.8 Å². The first-order valence-corrected chi connectivity index (χ1v) is 11.6. The quantitative estimate of drug-likeness (QED) is 0.646. The second-order valence-corrected chi connectivity index (χ2v) is 9.08. The molecule has 1 heterocycles. The van der Waals surface area contributed by atoms with E-state index in [4.69, 9.17) is 4.74 Å². The second kappa shape index (κ2) is 9.87. The lowest BCUT2D eigenvalue weighted by Crippen LogP contribution is -3.14. The number of nitrogens with one attached hydrogen (secondary N) is 2. The monoisotopic (exact) mass is 418 g/mol. The van der Waals surface area contributed by atoms with E-state index >= 15 is 0 Å². The third kappa shape index (κ3) is 6.28. The Bertz CT molecular complexity index is 895. The van der Waals surface area contributed by atoms with Gasteiger partial charge in [0.2, 0.25) is 10.0 Å². The minimum Gasteiger partial charge on any atom is -0.370 e. The summed E-state index contributed by atoms with van der Waals surface area (Å²) in [7, 11) is -3.46. The molecule has 156 valence electrons. The molecule has 8 heteroatoms. The standard InChI is InChI=1S/C21H27N3O4S/c1-29(26,27)24(17-18-5-3-2-4-6-18)20-9-7-19(8-10-20)21(25)22-11-12-23-13-15-28-16-14-23/h2-10H,11-17H2,1H3,(H,22,25)/p+1. The number of nitrogens with zero attached hydrogens (tertiary/aromatic N) is 1. The van der Waals surface area contributed by atoms with Crippen molar-refractivity contribution in [3.8, 4) is 0 Å². The molecule has 3 rings (SSSR count). The molecule has 2 aromatic carbocycles. The highest BCUT2D eigenvalue weighted by Crippen LogP contribution is 2.21. The molecule has 7 nitrogen and oxygen atoms in total. The van der Waals surface area contributed by atoms with Crippen LogP contribution in [0, 0.1) is 0 Å². The van der Waals surface area contributed by atoms with Gasteiger partial charge >= 0.3 is 0 Å². The summed E-state index contributed by atoms with van der Waals surface area (Å²) >= 11 is 0. The number of carbonyl (C=O) groups is 1. The van der Waals surface area contributed by atoms with E-state index in [0.29, 0.717) is 17.8 Å². The first kappa shape index (κ1) is 21.3. The lowest BCUT2D eigenvalue weighted by Gasteiger charge is -2.24. The van der Waals surface area contributed by atoms with Gasteiger partial charge in [0.15, 0.2) is 0 Å². The van der Waals surface area contributed by atoms with Crippen LogP contribution in [0.3, 0.4) is 0 Å². The molecule has 0 spiro atoms. The number of ether oxygens (including phenoxy) is 1. The van der Waals surface area contributed by atoms with Crippen LogP contribution in [0.4, 0.5) is 5.69 Å². The summed E-state index contributed by atoms with van der Waals surface area (Å²) in [6, 6.07) is 16.1. The summed E-state index contributed by atoms with van der Waals surface area (Å²) in [6.07, 6.45) is 1.19. The summed E-state index contributed by atoms with van der Waals surface area (Å²) in [6.45, 7) is 5.18. The highest BCUT2D eigenvalue weighted by Gasteiger charge is 2.19. The van der Waals surface area contributed by atoms with Gasteiger partial charge < -0.3 is 15.0 Å². The summed E-state index contributed by atoms with van der Waals surface area (Å²) in [5.74, 6) is -0.154. The third-order valence-electron chi connectivity index (χ3n) is 4.95. The molecule has 1 aliphatic rings. The maximum absolute atomic E-state index is 12.4. The zero-order valence-corrected chi connectivity index (χ0v) is 17.5. The number of quaternary nitrogens is 1. The van der Waals surface area contributed by atoms with Gasteiger partial charge in [-0.2, -0.15) is 0 Å². The van der Waals surface area contributed by atoms with Crippen LogP contribution >= 0.6 is 0 Å². The predicted molar refractivity (Wildman–Crippen MR) is 113 cm³/mol. The Morgan fingerprint density at radius 1 is 1.07 bits per heavy atom. The molecule has 2 aromatic rings. The fourth-order valence-corrected chi connectivity index (χ4v) is 4.18. The number of hydrogen-bond donors (Lipinski definition) is 2. The van der Waals surface area contributed by atoms with Crippen molar-refractivity contribution in [3.63, 3.8) is 0 Å². The van der Waals surface area contributed by atoms with Crippen LogP contribution in [0.25, 0.3) is 0 Å². The fourth-order valence-electron chi connectivity index (χ4n) is 3.29. The van der Waals surface area contributed by atoms with E-state index < -0.39 is 10.0 Å². The lowest BCUT2D eigenvalue weighted by atomic mass is 10.1. The molecule has 1 amide bonds. The van der Waals surface area contributed by atoms with Crippen LogP contribution in [0.15, 0.2) is 54.6 Å². The van der Waals surface area contributed by atoms with Gasteiger partial charge in [0, 0.05) is 5.56 Å². The molecule has 1 saturated heterocycles. The Morgan fingerprint density at radius 2 is 1.72 bits per heavy atom. The van der Waals surface area contributed by atoms with Crippen molar-refractivity contribution < 1.29 is 22.8 Å². The highest BCUT2D eigenvalue weighted by molar-refractivity contribution is 7.92. The predicted octanol–water partition coefficient (Wildman–Crippen LogP) is 0.298. The Balaban J connectivity index is 1.61. The zero-order valence-electron chi connectivity index (χ0n) is 16.6. The second-order valence-electron chi connectivity index (χ2n) is 7.17. The van der Waals surface area contributed by atoms with Crippen molar-refractivity contribution in [3.05, 3.63) is 65.7 Å². The van der Waals surface area contributed by atoms with E-state index in [0.717, 1.165) is 38.4 Å². The molecule has 0 bridgehead atoms. The minimum atomic E-state index is -3.46. The van der Waals surface area contributed by atoms with Gasteiger partial charge in [-0.1, -0.05) is 30.3 Å². The number of carbonyl (C=O) groups excluding carboxylic acids is 1. The first-order valence-electron chi connectivity index (χ1n) is 9.75. The van der Waals surface area contributed by atoms with Gasteiger partial charge in [-0.15, -0.1) is 0 Å². The lowest BCUT2D eigenvalue weighted by molar-refractivity contribution is -0.906. The van der Waals surface area contributed by atoms with Crippen molar-refractivity contribution in [2.75, 3.05) is 50.0 Å². The van der Waals surface area contributed by atoms with E-state index in [9.17, 15) is 13.2 Å². The average molecular weight is 419 g/mol. The number of benzene rings is 2. The summed E-state index contributed by atoms with van der Waals surface area (Å²) < 4.78 is 31.2. The normalized spacial score (nSPS) is 15.1. The Morgan fingerprint density at radius 3 is 2.34 bits per heavy atom. The van der Waals surface area contributed by atoms with Gasteiger partial charge in [0.1, 0.15) is 13.1 Å². The van der Waals surface area contributed by atoms with Gasteiger partial charge in [-0.25, -0.2) is 8.42 Å². The maximum Gasteiger partial charge on any atom is 0.251 e. The smallest absolute Gasteiger partial charge is 0.251 e. The van der Waals surface area contributed by atoms with Crippen molar-refractivity contribution in [2.45, 2.75) is 6.54 Å². The Kier molecular flexibility index (Phi) is 7.24. The van der Waals surface area contributed by atoms with Crippen LogP contribution in [-0.4, -0.2) is 60.0 Å². The maximum atomic E-state index is 12.4. The molecule has 0 atom stereocenters. The van der Waals surface area contributed by atoms with Crippen LogP contribution in [0.5, 0.6) is 0 Å². The van der Waals surface area contributed by atoms with Crippen molar-refractivity contribution in [2.24, 2.45) is 0 Å². The molecule has 0 radical (unpaired) electrons. The molecule has 29 heavy (non-hydrogen) atoms. The van der Waals surface area contributed by atoms with Crippen molar-refractivity contribution in [1.29, 1.82) is 0 Å².